The second-order valence-electron chi connectivity index (χ2n) is 4.22. The molecule has 0 aliphatic heterocycles. The van der Waals surface area contributed by atoms with Gasteiger partial charge in [-0.1, -0.05) is 0 Å². The van der Waals surface area contributed by atoms with Crippen LogP contribution in [-0.2, 0) is 0 Å². The van der Waals surface area contributed by atoms with Crippen LogP contribution in [0.3, 0.4) is 0 Å². The lowest BCUT2D eigenvalue weighted by Gasteiger charge is -2.07. The van der Waals surface area contributed by atoms with Crippen LogP contribution < -0.4 is 11.3 Å². The monoisotopic (exact) mass is 258 g/mol. The number of hydrogen-bond donors (Lipinski definition) is 2. The van der Waals surface area contributed by atoms with E-state index in [4.69, 9.17) is 11.3 Å². The maximum absolute atomic E-state index is 13.1. The Morgan fingerprint density at radius 1 is 1.37 bits per heavy atom. The molecule has 1 aromatic carbocycles. The minimum absolute atomic E-state index is 0.121. The van der Waals surface area contributed by atoms with Crippen molar-refractivity contribution in [3.63, 3.8) is 0 Å². The summed E-state index contributed by atoms with van der Waals surface area (Å²) >= 11 is 0. The molecule has 3 rings (SSSR count). The van der Waals surface area contributed by atoms with E-state index < -0.39 is 0 Å². The van der Waals surface area contributed by atoms with E-state index in [0.29, 0.717) is 11.0 Å². The lowest BCUT2D eigenvalue weighted by molar-refractivity contribution is 0.625. The number of aryl methyl sites for hydroxylation is 1. The topological polar surface area (TPSA) is 85.5 Å². The summed E-state index contributed by atoms with van der Waals surface area (Å²) in [6.45, 7) is 1.79. The highest BCUT2D eigenvalue weighted by molar-refractivity contribution is 5.74. The van der Waals surface area contributed by atoms with Gasteiger partial charge in [-0.3, -0.25) is 5.41 Å². The lowest BCUT2D eigenvalue weighted by atomic mass is 10.2. The first-order chi connectivity index (χ1) is 9.08. The van der Waals surface area contributed by atoms with Gasteiger partial charge in [-0.05, 0) is 30.7 Å². The summed E-state index contributed by atoms with van der Waals surface area (Å²) in [4.78, 5) is 4.17. The minimum Gasteiger partial charge on any atom is -0.336 e. The number of aromatic nitrogens is 4. The second kappa shape index (κ2) is 3.91. The van der Waals surface area contributed by atoms with Crippen molar-refractivity contribution in [2.75, 3.05) is 5.84 Å². The molecule has 0 amide bonds. The zero-order chi connectivity index (χ0) is 13.6. The largest absolute Gasteiger partial charge is 0.336 e. The number of rotatable bonds is 1. The summed E-state index contributed by atoms with van der Waals surface area (Å²) in [5.74, 6) is 5.26. The van der Waals surface area contributed by atoms with E-state index in [1.807, 2.05) is 0 Å². The van der Waals surface area contributed by atoms with Gasteiger partial charge >= 0.3 is 0 Å². The number of halogens is 1. The molecule has 6 nitrogen and oxygen atoms in total. The number of hydrogen-bond acceptors (Lipinski definition) is 4. The Morgan fingerprint density at radius 3 is 2.89 bits per heavy atom. The van der Waals surface area contributed by atoms with Crippen LogP contribution in [0, 0.1) is 18.2 Å². The van der Waals surface area contributed by atoms with Gasteiger partial charge in [0.1, 0.15) is 12.1 Å². The van der Waals surface area contributed by atoms with Gasteiger partial charge in [0.25, 0.3) is 0 Å². The highest BCUT2D eigenvalue weighted by atomic mass is 19.1. The number of nitrogens with one attached hydrogen (secondary N) is 1. The number of nitrogens with two attached hydrogens (primary N) is 1. The standard InChI is InChI=1S/C12H11FN6/c1-7-4-8(13)2-3-10(7)19-12-9(5-17-19)11(14)18(15)6-16-12/h2-6,14H,15H2,1H3. The van der Waals surface area contributed by atoms with Crippen LogP contribution in [0.15, 0.2) is 30.7 Å². The number of nitrogen functional groups attached to an aromatic ring is 1. The Balaban J connectivity index is 2.32. The van der Waals surface area contributed by atoms with Gasteiger partial charge < -0.3 is 5.84 Å². The first-order valence-electron chi connectivity index (χ1n) is 5.59. The molecule has 0 spiro atoms. The predicted molar refractivity (Wildman–Crippen MR) is 67.6 cm³/mol. The van der Waals surface area contributed by atoms with E-state index in [1.54, 1.807) is 17.7 Å². The van der Waals surface area contributed by atoms with Crippen molar-refractivity contribution in [2.24, 2.45) is 0 Å². The Kier molecular flexibility index (Phi) is 2.34. The molecule has 0 fully saturated rings. The number of fused-ring (bicyclic) bond motifs is 1. The smallest absolute Gasteiger partial charge is 0.168 e. The Hall–Kier alpha value is -2.70. The van der Waals surface area contributed by atoms with Gasteiger partial charge in [0.05, 0.1) is 17.3 Å². The Morgan fingerprint density at radius 2 is 2.16 bits per heavy atom. The summed E-state index contributed by atoms with van der Waals surface area (Å²) in [6.07, 6.45) is 2.87. The first-order valence-corrected chi connectivity index (χ1v) is 5.59. The third-order valence-corrected chi connectivity index (χ3v) is 2.95. The molecule has 3 N–H and O–H groups in total. The zero-order valence-electron chi connectivity index (χ0n) is 10.1. The van der Waals surface area contributed by atoms with Crippen molar-refractivity contribution in [1.82, 2.24) is 19.4 Å². The van der Waals surface area contributed by atoms with Crippen LogP contribution in [0.2, 0.25) is 0 Å². The van der Waals surface area contributed by atoms with Crippen LogP contribution in [0.1, 0.15) is 5.56 Å². The van der Waals surface area contributed by atoms with Crippen LogP contribution in [0.5, 0.6) is 0 Å². The summed E-state index contributed by atoms with van der Waals surface area (Å²) in [5, 5.41) is 12.6. The molecule has 0 aliphatic carbocycles. The maximum atomic E-state index is 13.1. The van der Waals surface area contributed by atoms with Crippen LogP contribution >= 0.6 is 0 Å². The third-order valence-electron chi connectivity index (χ3n) is 2.95. The average molecular weight is 258 g/mol. The molecule has 0 saturated heterocycles. The molecule has 0 saturated carbocycles. The van der Waals surface area contributed by atoms with Gasteiger partial charge in [0.15, 0.2) is 11.1 Å². The first kappa shape index (κ1) is 11.4. The molecule has 96 valence electrons. The average Bonchev–Trinajstić information content (AvgIpc) is 2.78. The van der Waals surface area contributed by atoms with Crippen molar-refractivity contribution in [2.45, 2.75) is 6.92 Å². The summed E-state index contributed by atoms with van der Waals surface area (Å²) in [7, 11) is 0. The number of benzene rings is 1. The fourth-order valence-electron chi connectivity index (χ4n) is 1.98. The van der Waals surface area contributed by atoms with Gasteiger partial charge in [0, 0.05) is 0 Å². The fraction of sp³-hybridized carbons (Fsp3) is 0.0833. The summed E-state index contributed by atoms with van der Waals surface area (Å²) in [5.41, 5.74) is 2.10. The third kappa shape index (κ3) is 1.67. The Bertz CT molecular complexity index is 832. The highest BCUT2D eigenvalue weighted by Crippen LogP contribution is 2.18. The van der Waals surface area contributed by atoms with Crippen molar-refractivity contribution in [3.8, 4) is 5.69 Å². The molecule has 2 heterocycles. The van der Waals surface area contributed by atoms with Crippen molar-refractivity contribution in [3.05, 3.63) is 47.6 Å². The molecule has 2 aromatic heterocycles. The van der Waals surface area contributed by atoms with Gasteiger partial charge in [0.2, 0.25) is 0 Å². The second-order valence-corrected chi connectivity index (χ2v) is 4.22. The minimum atomic E-state index is -0.299. The molecule has 0 aliphatic rings. The Labute approximate surface area is 107 Å². The van der Waals surface area contributed by atoms with E-state index in [-0.39, 0.29) is 11.3 Å². The highest BCUT2D eigenvalue weighted by Gasteiger charge is 2.10. The molecule has 0 radical (unpaired) electrons. The number of nitrogens with zero attached hydrogens (tertiary/aromatic N) is 4. The van der Waals surface area contributed by atoms with Gasteiger partial charge in [-0.25, -0.2) is 18.7 Å². The van der Waals surface area contributed by atoms with E-state index in [1.165, 1.54) is 24.7 Å². The summed E-state index contributed by atoms with van der Waals surface area (Å²) in [6, 6.07) is 4.42. The molecule has 19 heavy (non-hydrogen) atoms. The molecular formula is C12H11FN6. The van der Waals surface area contributed by atoms with Crippen LogP contribution in [0.25, 0.3) is 16.7 Å². The van der Waals surface area contributed by atoms with E-state index in [0.717, 1.165) is 15.9 Å². The van der Waals surface area contributed by atoms with Crippen LogP contribution in [-0.4, -0.2) is 19.4 Å². The van der Waals surface area contributed by atoms with E-state index in [2.05, 4.69) is 10.1 Å². The summed E-state index contributed by atoms with van der Waals surface area (Å²) < 4.78 is 15.8. The molecule has 0 unspecified atom stereocenters. The maximum Gasteiger partial charge on any atom is 0.168 e. The predicted octanol–water partition coefficient (Wildman–Crippen LogP) is 0.863. The van der Waals surface area contributed by atoms with Gasteiger partial charge in [-0.15, -0.1) is 0 Å². The van der Waals surface area contributed by atoms with Crippen LogP contribution in [0.4, 0.5) is 4.39 Å². The quantitative estimate of drug-likeness (QED) is 0.635. The van der Waals surface area contributed by atoms with Gasteiger partial charge in [-0.2, -0.15) is 5.10 Å². The SMILES string of the molecule is Cc1cc(F)ccc1-n1ncc2c(=N)n(N)cnc21. The molecule has 3 aromatic rings. The molecule has 7 heteroatoms. The van der Waals surface area contributed by atoms with E-state index in [9.17, 15) is 4.39 Å². The fourth-order valence-corrected chi connectivity index (χ4v) is 1.98. The molecule has 0 bridgehead atoms. The van der Waals surface area contributed by atoms with Crippen molar-refractivity contribution >= 4 is 11.0 Å². The molecular weight excluding hydrogens is 247 g/mol. The van der Waals surface area contributed by atoms with E-state index >= 15 is 0 Å². The zero-order valence-corrected chi connectivity index (χ0v) is 10.1. The van der Waals surface area contributed by atoms with Crippen molar-refractivity contribution in [1.29, 1.82) is 5.41 Å². The molecule has 0 atom stereocenters. The van der Waals surface area contributed by atoms with Crippen molar-refractivity contribution < 1.29 is 4.39 Å². The lowest BCUT2D eigenvalue weighted by Crippen LogP contribution is -2.27. The normalized spacial score (nSPS) is 11.1.